The van der Waals surface area contributed by atoms with Gasteiger partial charge in [-0.1, -0.05) is 0 Å². The number of ether oxygens (including phenoxy) is 1. The molecule has 1 aliphatic carbocycles. The second-order valence-electron chi connectivity index (χ2n) is 4.16. The third-order valence-electron chi connectivity index (χ3n) is 3.14. The molecule has 0 aliphatic heterocycles. The fourth-order valence-electron chi connectivity index (χ4n) is 2.31. The van der Waals surface area contributed by atoms with Crippen molar-refractivity contribution < 1.29 is 9.53 Å². The number of carbonyl (C=O) groups excluding carboxylic acids is 1. The number of hydrogen-bond acceptors (Lipinski definition) is 3. The summed E-state index contributed by atoms with van der Waals surface area (Å²) in [4.78, 5) is 13.5. The maximum atomic E-state index is 12.1. The lowest BCUT2D eigenvalue weighted by atomic mass is 9.84. The Morgan fingerprint density at radius 3 is 3.31 bits per heavy atom. The Kier molecular flexibility index (Phi) is 4.13. The minimum Gasteiger partial charge on any atom is -0.381 e. The zero-order valence-electron chi connectivity index (χ0n) is 9.70. The Bertz CT molecular complexity index is 357. The number of thiophene rings is 1. The molecule has 16 heavy (non-hydrogen) atoms. The van der Waals surface area contributed by atoms with Crippen molar-refractivity contribution in [2.75, 3.05) is 13.2 Å². The molecule has 0 fully saturated rings. The van der Waals surface area contributed by atoms with E-state index in [0.717, 1.165) is 19.3 Å². The Balaban J connectivity index is 1.98. The summed E-state index contributed by atoms with van der Waals surface area (Å²) in [6, 6.07) is 2.13. The summed E-state index contributed by atoms with van der Waals surface area (Å²) >= 11 is 1.79. The Morgan fingerprint density at radius 2 is 2.50 bits per heavy atom. The van der Waals surface area contributed by atoms with Crippen LogP contribution in [0.2, 0.25) is 0 Å². The van der Waals surface area contributed by atoms with Crippen LogP contribution in [0.1, 0.15) is 42.5 Å². The van der Waals surface area contributed by atoms with Crippen LogP contribution in [0.25, 0.3) is 0 Å². The third kappa shape index (κ3) is 2.53. The Morgan fingerprint density at radius 1 is 1.62 bits per heavy atom. The van der Waals surface area contributed by atoms with E-state index in [2.05, 4.69) is 11.4 Å². The highest BCUT2D eigenvalue weighted by Gasteiger charge is 2.26. The van der Waals surface area contributed by atoms with E-state index < -0.39 is 0 Å². The molecule has 1 aromatic rings. The van der Waals surface area contributed by atoms with Gasteiger partial charge in [-0.3, -0.25) is 4.79 Å². The first-order valence-corrected chi connectivity index (χ1v) is 6.87. The van der Waals surface area contributed by atoms with Gasteiger partial charge in [0.2, 0.25) is 0 Å². The molecule has 88 valence electrons. The molecular weight excluding hydrogens is 220 g/mol. The predicted octanol–water partition coefficient (Wildman–Crippen LogP) is 3.16. The number of aryl methyl sites for hydroxylation is 1. The zero-order valence-corrected chi connectivity index (χ0v) is 10.5. The summed E-state index contributed by atoms with van der Waals surface area (Å²) in [5.41, 5.74) is 1.29. The van der Waals surface area contributed by atoms with Crippen molar-refractivity contribution in [3.63, 3.8) is 0 Å². The van der Waals surface area contributed by atoms with Crippen LogP contribution in [0.5, 0.6) is 0 Å². The van der Waals surface area contributed by atoms with Gasteiger partial charge in [0, 0.05) is 23.8 Å². The number of fused-ring (bicyclic) bond motifs is 1. The van der Waals surface area contributed by atoms with Crippen LogP contribution in [-0.2, 0) is 16.0 Å². The topological polar surface area (TPSA) is 26.3 Å². The minimum absolute atomic E-state index is 0.149. The van der Waals surface area contributed by atoms with Gasteiger partial charge in [0.15, 0.2) is 0 Å². The van der Waals surface area contributed by atoms with Gasteiger partial charge in [0.25, 0.3) is 0 Å². The summed E-state index contributed by atoms with van der Waals surface area (Å²) in [6.07, 6.45) is 3.89. The Hall–Kier alpha value is -0.670. The smallest absolute Gasteiger partial charge is 0.142 e. The normalized spacial score (nSPS) is 19.4. The average molecular weight is 238 g/mol. The lowest BCUT2D eigenvalue weighted by Gasteiger charge is -2.21. The molecule has 1 aliphatic rings. The van der Waals surface area contributed by atoms with Crippen molar-refractivity contribution in [2.24, 2.45) is 0 Å². The summed E-state index contributed by atoms with van der Waals surface area (Å²) in [6.45, 7) is 3.23. The van der Waals surface area contributed by atoms with E-state index >= 15 is 0 Å². The number of rotatable bonds is 5. The van der Waals surface area contributed by atoms with E-state index in [-0.39, 0.29) is 5.92 Å². The van der Waals surface area contributed by atoms with Crippen molar-refractivity contribution in [1.29, 1.82) is 0 Å². The van der Waals surface area contributed by atoms with Gasteiger partial charge >= 0.3 is 0 Å². The van der Waals surface area contributed by atoms with Crippen LogP contribution in [0.3, 0.4) is 0 Å². The fraction of sp³-hybridized carbons (Fsp3) is 0.615. The molecule has 0 bridgehead atoms. The third-order valence-corrected chi connectivity index (χ3v) is 4.13. The van der Waals surface area contributed by atoms with Crippen LogP contribution in [-0.4, -0.2) is 19.0 Å². The standard InChI is InChI=1S/C13H18O2S/c1-2-15-8-6-12(14)10-4-3-5-13-11(10)7-9-16-13/h7,9-10H,2-6,8H2,1H3. The number of carbonyl (C=O) groups is 1. The minimum atomic E-state index is 0.149. The lowest BCUT2D eigenvalue weighted by Crippen LogP contribution is -2.18. The van der Waals surface area contributed by atoms with E-state index in [0.29, 0.717) is 25.4 Å². The lowest BCUT2D eigenvalue weighted by molar-refractivity contribution is -0.121. The molecule has 1 heterocycles. The van der Waals surface area contributed by atoms with E-state index in [4.69, 9.17) is 4.74 Å². The van der Waals surface area contributed by atoms with E-state index in [1.165, 1.54) is 10.4 Å². The highest BCUT2D eigenvalue weighted by atomic mass is 32.1. The fourth-order valence-corrected chi connectivity index (χ4v) is 3.30. The molecule has 0 N–H and O–H groups in total. The number of hydrogen-bond donors (Lipinski definition) is 0. The Labute approximate surface area is 101 Å². The molecule has 1 aromatic heterocycles. The summed E-state index contributed by atoms with van der Waals surface area (Å²) in [5, 5.41) is 2.11. The number of ketones is 1. The maximum absolute atomic E-state index is 12.1. The van der Waals surface area contributed by atoms with E-state index in [9.17, 15) is 4.79 Å². The SMILES string of the molecule is CCOCCC(=O)C1CCCc2sccc21. The first-order chi connectivity index (χ1) is 7.83. The van der Waals surface area contributed by atoms with Crippen LogP contribution >= 0.6 is 11.3 Å². The van der Waals surface area contributed by atoms with Crippen molar-refractivity contribution in [1.82, 2.24) is 0 Å². The molecule has 0 radical (unpaired) electrons. The highest BCUT2D eigenvalue weighted by molar-refractivity contribution is 7.10. The molecule has 0 amide bonds. The first-order valence-electron chi connectivity index (χ1n) is 5.99. The van der Waals surface area contributed by atoms with Gasteiger partial charge < -0.3 is 4.74 Å². The summed E-state index contributed by atoms with van der Waals surface area (Å²) in [5.74, 6) is 0.503. The quantitative estimate of drug-likeness (QED) is 0.737. The van der Waals surface area contributed by atoms with E-state index in [1.807, 2.05) is 6.92 Å². The molecule has 0 saturated carbocycles. The van der Waals surface area contributed by atoms with E-state index in [1.54, 1.807) is 11.3 Å². The van der Waals surface area contributed by atoms with Crippen molar-refractivity contribution in [2.45, 2.75) is 38.5 Å². The molecule has 0 spiro atoms. The van der Waals surface area contributed by atoms with Gasteiger partial charge in [-0.05, 0) is 43.2 Å². The van der Waals surface area contributed by atoms with Crippen molar-refractivity contribution in [3.8, 4) is 0 Å². The molecule has 1 atom stereocenters. The van der Waals surface area contributed by atoms with Crippen molar-refractivity contribution in [3.05, 3.63) is 21.9 Å². The van der Waals surface area contributed by atoms with Gasteiger partial charge in [-0.25, -0.2) is 0 Å². The molecule has 2 nitrogen and oxygen atoms in total. The van der Waals surface area contributed by atoms with Gasteiger partial charge in [0.1, 0.15) is 5.78 Å². The summed E-state index contributed by atoms with van der Waals surface area (Å²) in [7, 11) is 0. The molecule has 2 rings (SSSR count). The van der Waals surface area contributed by atoms with Crippen LogP contribution in [0.15, 0.2) is 11.4 Å². The molecule has 0 saturated heterocycles. The first kappa shape index (κ1) is 11.8. The highest BCUT2D eigenvalue weighted by Crippen LogP contribution is 2.35. The average Bonchev–Trinajstić information content (AvgIpc) is 2.76. The molecule has 3 heteroatoms. The molecule has 1 unspecified atom stereocenters. The van der Waals surface area contributed by atoms with Crippen LogP contribution < -0.4 is 0 Å². The molecule has 0 aromatic carbocycles. The van der Waals surface area contributed by atoms with Crippen LogP contribution in [0.4, 0.5) is 0 Å². The number of Topliss-reactive ketones (excluding diaryl/α,β-unsaturated/α-hetero) is 1. The van der Waals surface area contributed by atoms with Crippen LogP contribution in [0, 0.1) is 0 Å². The summed E-state index contributed by atoms with van der Waals surface area (Å²) < 4.78 is 5.25. The largest absolute Gasteiger partial charge is 0.381 e. The van der Waals surface area contributed by atoms with Gasteiger partial charge in [-0.2, -0.15) is 0 Å². The second-order valence-corrected chi connectivity index (χ2v) is 5.16. The predicted molar refractivity (Wildman–Crippen MR) is 66.1 cm³/mol. The zero-order chi connectivity index (χ0) is 11.4. The monoisotopic (exact) mass is 238 g/mol. The van der Waals surface area contributed by atoms with Crippen molar-refractivity contribution >= 4 is 17.1 Å². The van der Waals surface area contributed by atoms with Gasteiger partial charge in [0.05, 0.1) is 6.61 Å². The molecular formula is C13H18O2S. The van der Waals surface area contributed by atoms with Gasteiger partial charge in [-0.15, -0.1) is 11.3 Å². The maximum Gasteiger partial charge on any atom is 0.142 e. The second kappa shape index (κ2) is 5.60.